The largest absolute Gasteiger partial charge is 0.495 e. The van der Waals surface area contributed by atoms with Crippen molar-refractivity contribution >= 4 is 11.6 Å². The van der Waals surface area contributed by atoms with Crippen LogP contribution in [0.5, 0.6) is 5.75 Å². The number of rotatable bonds is 5. The van der Waals surface area contributed by atoms with Gasteiger partial charge in [-0.2, -0.15) is 0 Å². The Balaban J connectivity index is 2.06. The lowest BCUT2D eigenvalue weighted by molar-refractivity contribution is -0.120. The quantitative estimate of drug-likeness (QED) is 0.800. The number of nitrogen functional groups attached to an aromatic ring is 1. The maximum absolute atomic E-state index is 11.2. The van der Waals surface area contributed by atoms with E-state index < -0.39 is 0 Å². The van der Waals surface area contributed by atoms with Crippen LogP contribution in [0, 0.1) is 0 Å². The molecule has 0 saturated carbocycles. The van der Waals surface area contributed by atoms with Gasteiger partial charge in [-0.1, -0.05) is 13.0 Å². The summed E-state index contributed by atoms with van der Waals surface area (Å²) >= 11 is 0. The summed E-state index contributed by atoms with van der Waals surface area (Å²) in [5, 5.41) is 2.93. The number of fused-ring (bicyclic) bond motifs is 1. The predicted molar refractivity (Wildman–Crippen MR) is 76.4 cm³/mol. The van der Waals surface area contributed by atoms with Crippen molar-refractivity contribution in [1.82, 2.24) is 5.32 Å². The zero-order chi connectivity index (χ0) is 13.8. The Morgan fingerprint density at radius 3 is 3.00 bits per heavy atom. The summed E-state index contributed by atoms with van der Waals surface area (Å²) in [6.07, 6.45) is 3.65. The van der Waals surface area contributed by atoms with Gasteiger partial charge in [0.15, 0.2) is 0 Å². The molecule has 0 saturated heterocycles. The van der Waals surface area contributed by atoms with E-state index in [4.69, 9.17) is 10.5 Å². The summed E-state index contributed by atoms with van der Waals surface area (Å²) in [4.78, 5) is 11.2. The number of hydrogen-bond acceptors (Lipinski definition) is 3. The van der Waals surface area contributed by atoms with Gasteiger partial charge in [0.25, 0.3) is 0 Å². The van der Waals surface area contributed by atoms with Crippen LogP contribution in [0.15, 0.2) is 12.1 Å². The highest BCUT2D eigenvalue weighted by Gasteiger charge is 2.26. The number of amides is 1. The molecule has 1 aromatic rings. The molecular weight excluding hydrogens is 240 g/mol. The summed E-state index contributed by atoms with van der Waals surface area (Å²) in [5.41, 5.74) is 9.50. The van der Waals surface area contributed by atoms with E-state index in [-0.39, 0.29) is 5.91 Å². The SMILES string of the molecule is CCC(=O)NCC[C@@H]1CCc2ccc(OC)c(N)c21. The first-order valence-corrected chi connectivity index (χ1v) is 6.89. The number of anilines is 1. The van der Waals surface area contributed by atoms with Gasteiger partial charge in [0.05, 0.1) is 12.8 Å². The number of carbonyl (C=O) groups is 1. The van der Waals surface area contributed by atoms with Crippen molar-refractivity contribution in [3.8, 4) is 5.75 Å². The minimum Gasteiger partial charge on any atom is -0.495 e. The van der Waals surface area contributed by atoms with Crippen LogP contribution in [-0.4, -0.2) is 19.6 Å². The number of carbonyl (C=O) groups excluding carboxylic acids is 1. The van der Waals surface area contributed by atoms with Gasteiger partial charge in [0.2, 0.25) is 5.91 Å². The summed E-state index contributed by atoms with van der Waals surface area (Å²) in [7, 11) is 1.64. The number of ether oxygens (including phenoxy) is 1. The average molecular weight is 262 g/mol. The molecule has 1 aliphatic carbocycles. The van der Waals surface area contributed by atoms with Crippen molar-refractivity contribution in [3.05, 3.63) is 23.3 Å². The van der Waals surface area contributed by atoms with Gasteiger partial charge in [-0.25, -0.2) is 0 Å². The number of benzene rings is 1. The number of hydrogen-bond donors (Lipinski definition) is 2. The maximum Gasteiger partial charge on any atom is 0.219 e. The van der Waals surface area contributed by atoms with Gasteiger partial charge in [-0.05, 0) is 42.4 Å². The first-order valence-electron chi connectivity index (χ1n) is 6.89. The van der Waals surface area contributed by atoms with Crippen molar-refractivity contribution in [2.75, 3.05) is 19.4 Å². The molecule has 0 bridgehead atoms. The van der Waals surface area contributed by atoms with E-state index in [2.05, 4.69) is 11.4 Å². The van der Waals surface area contributed by atoms with Crippen molar-refractivity contribution in [3.63, 3.8) is 0 Å². The summed E-state index contributed by atoms with van der Waals surface area (Å²) < 4.78 is 5.28. The third-order valence-electron chi connectivity index (χ3n) is 3.86. The standard InChI is InChI=1S/C15H22N2O2/c1-3-13(18)17-9-8-11-5-4-10-6-7-12(19-2)15(16)14(10)11/h6-7,11H,3-5,8-9,16H2,1-2H3,(H,17,18)/t11-/m0/s1. The Bertz CT molecular complexity index is 471. The zero-order valence-corrected chi connectivity index (χ0v) is 11.7. The molecule has 4 nitrogen and oxygen atoms in total. The van der Waals surface area contributed by atoms with Gasteiger partial charge in [0, 0.05) is 13.0 Å². The molecule has 0 aromatic heterocycles. The highest BCUT2D eigenvalue weighted by atomic mass is 16.5. The third kappa shape index (κ3) is 2.83. The van der Waals surface area contributed by atoms with E-state index in [1.54, 1.807) is 7.11 Å². The number of aryl methyl sites for hydroxylation is 1. The smallest absolute Gasteiger partial charge is 0.219 e. The lowest BCUT2D eigenvalue weighted by Crippen LogP contribution is -2.24. The molecular formula is C15H22N2O2. The number of nitrogens with two attached hydrogens (primary N) is 1. The predicted octanol–water partition coefficient (Wildman–Crippen LogP) is 2.22. The van der Waals surface area contributed by atoms with Crippen LogP contribution in [0.3, 0.4) is 0 Å². The van der Waals surface area contributed by atoms with Crippen LogP contribution < -0.4 is 15.8 Å². The van der Waals surface area contributed by atoms with Crippen molar-refractivity contribution in [1.29, 1.82) is 0 Å². The Labute approximate surface area is 114 Å². The Morgan fingerprint density at radius 2 is 2.32 bits per heavy atom. The van der Waals surface area contributed by atoms with Crippen molar-refractivity contribution in [2.45, 2.75) is 38.5 Å². The second-order valence-electron chi connectivity index (χ2n) is 4.98. The molecule has 0 spiro atoms. The first kappa shape index (κ1) is 13.7. The van der Waals surface area contributed by atoms with Crippen LogP contribution >= 0.6 is 0 Å². The minimum atomic E-state index is 0.108. The Kier molecular flexibility index (Phi) is 4.30. The average Bonchev–Trinajstić information content (AvgIpc) is 2.83. The van der Waals surface area contributed by atoms with E-state index in [0.717, 1.165) is 30.7 Å². The fourth-order valence-electron chi connectivity index (χ4n) is 2.81. The molecule has 1 amide bonds. The van der Waals surface area contributed by atoms with Gasteiger partial charge in [-0.3, -0.25) is 4.79 Å². The van der Waals surface area contributed by atoms with E-state index in [0.29, 0.717) is 18.9 Å². The molecule has 1 atom stereocenters. The molecule has 0 unspecified atom stereocenters. The molecule has 0 fully saturated rings. The Hall–Kier alpha value is -1.71. The highest BCUT2D eigenvalue weighted by Crippen LogP contribution is 2.42. The van der Waals surface area contributed by atoms with Crippen LogP contribution in [0.25, 0.3) is 0 Å². The summed E-state index contributed by atoms with van der Waals surface area (Å²) in [6, 6.07) is 4.05. The minimum absolute atomic E-state index is 0.108. The van der Waals surface area contributed by atoms with E-state index >= 15 is 0 Å². The lowest BCUT2D eigenvalue weighted by Gasteiger charge is -2.16. The van der Waals surface area contributed by atoms with Gasteiger partial charge in [-0.15, -0.1) is 0 Å². The van der Waals surface area contributed by atoms with E-state index in [1.807, 2.05) is 13.0 Å². The summed E-state index contributed by atoms with van der Waals surface area (Å²) in [6.45, 7) is 2.58. The second-order valence-corrected chi connectivity index (χ2v) is 4.98. The zero-order valence-electron chi connectivity index (χ0n) is 11.7. The van der Waals surface area contributed by atoms with Crippen LogP contribution in [0.2, 0.25) is 0 Å². The van der Waals surface area contributed by atoms with Crippen molar-refractivity contribution < 1.29 is 9.53 Å². The topological polar surface area (TPSA) is 64.3 Å². The number of methoxy groups -OCH3 is 1. The van der Waals surface area contributed by atoms with Crippen LogP contribution in [0.4, 0.5) is 5.69 Å². The molecule has 104 valence electrons. The number of nitrogens with one attached hydrogen (secondary N) is 1. The molecule has 2 rings (SSSR count). The monoisotopic (exact) mass is 262 g/mol. The molecule has 4 heteroatoms. The maximum atomic E-state index is 11.2. The molecule has 0 heterocycles. The second kappa shape index (κ2) is 5.95. The van der Waals surface area contributed by atoms with E-state index in [9.17, 15) is 4.79 Å². The normalized spacial score (nSPS) is 17.1. The van der Waals surface area contributed by atoms with Crippen molar-refractivity contribution in [2.24, 2.45) is 0 Å². The van der Waals surface area contributed by atoms with Gasteiger partial charge < -0.3 is 15.8 Å². The van der Waals surface area contributed by atoms with Gasteiger partial charge in [0.1, 0.15) is 5.75 Å². The Morgan fingerprint density at radius 1 is 1.53 bits per heavy atom. The molecule has 19 heavy (non-hydrogen) atoms. The fourth-order valence-corrected chi connectivity index (χ4v) is 2.81. The third-order valence-corrected chi connectivity index (χ3v) is 3.86. The molecule has 0 radical (unpaired) electrons. The molecule has 1 aromatic carbocycles. The first-order chi connectivity index (χ1) is 9.17. The van der Waals surface area contributed by atoms with Gasteiger partial charge >= 0.3 is 0 Å². The molecule has 3 N–H and O–H groups in total. The van der Waals surface area contributed by atoms with Crippen LogP contribution in [-0.2, 0) is 11.2 Å². The molecule has 1 aliphatic rings. The summed E-state index contributed by atoms with van der Waals surface area (Å²) in [5.74, 6) is 1.29. The fraction of sp³-hybridized carbons (Fsp3) is 0.533. The highest BCUT2D eigenvalue weighted by molar-refractivity contribution is 5.75. The van der Waals surface area contributed by atoms with E-state index in [1.165, 1.54) is 11.1 Å². The lowest BCUT2D eigenvalue weighted by atomic mass is 9.96. The van der Waals surface area contributed by atoms with Crippen LogP contribution in [0.1, 0.15) is 43.2 Å². The molecule has 0 aliphatic heterocycles.